The van der Waals surface area contributed by atoms with Crippen LogP contribution in [0.5, 0.6) is 0 Å². The lowest BCUT2D eigenvalue weighted by atomic mass is 9.95. The van der Waals surface area contributed by atoms with Gasteiger partial charge in [-0.05, 0) is 82.3 Å². The first-order valence-corrected chi connectivity index (χ1v) is 13.9. The van der Waals surface area contributed by atoms with E-state index in [0.29, 0.717) is 37.2 Å². The SMILES string of the molecule is Cc1ccccc1C(=O)N1CCC(C(=O)Nc2ccc(S(=O)(=O)N3C(C)CCCC3C)cc2)CC1. The fourth-order valence-electron chi connectivity index (χ4n) is 5.28. The van der Waals surface area contributed by atoms with Crippen LogP contribution in [-0.2, 0) is 14.8 Å². The van der Waals surface area contributed by atoms with Crippen LogP contribution in [0.4, 0.5) is 5.69 Å². The van der Waals surface area contributed by atoms with Gasteiger partial charge in [0.25, 0.3) is 5.91 Å². The van der Waals surface area contributed by atoms with Crippen LogP contribution in [0.15, 0.2) is 53.4 Å². The standard InChI is InChI=1S/C27H35N3O4S/c1-19-7-4-5-10-25(19)27(32)29-17-15-22(16-18-29)26(31)28-23-11-13-24(14-12-23)35(33,34)30-20(2)8-6-9-21(30)3/h4-5,7,10-14,20-22H,6,8-9,15-18H2,1-3H3,(H,28,31). The molecule has 2 heterocycles. The summed E-state index contributed by atoms with van der Waals surface area (Å²) in [6.07, 6.45) is 3.97. The number of carbonyl (C=O) groups is 2. The molecule has 0 bridgehead atoms. The van der Waals surface area contributed by atoms with Crippen molar-refractivity contribution in [3.63, 3.8) is 0 Å². The van der Waals surface area contributed by atoms with E-state index in [4.69, 9.17) is 0 Å². The molecule has 2 aliphatic rings. The number of amides is 2. The van der Waals surface area contributed by atoms with Gasteiger partial charge in [0.1, 0.15) is 0 Å². The molecule has 0 aliphatic carbocycles. The summed E-state index contributed by atoms with van der Waals surface area (Å²) in [4.78, 5) is 27.7. The molecule has 2 aromatic carbocycles. The molecule has 2 fully saturated rings. The van der Waals surface area contributed by atoms with Gasteiger partial charge in [0.05, 0.1) is 4.90 Å². The van der Waals surface area contributed by atoms with Crippen LogP contribution in [0, 0.1) is 12.8 Å². The molecular formula is C27H35N3O4S. The van der Waals surface area contributed by atoms with Crippen LogP contribution in [0.3, 0.4) is 0 Å². The number of aryl methyl sites for hydroxylation is 1. The number of carbonyl (C=O) groups excluding carboxylic acids is 2. The topological polar surface area (TPSA) is 86.8 Å². The fraction of sp³-hybridized carbons (Fsp3) is 0.481. The molecule has 1 N–H and O–H groups in total. The van der Waals surface area contributed by atoms with Crippen molar-refractivity contribution in [2.45, 2.75) is 69.9 Å². The molecule has 2 amide bonds. The van der Waals surface area contributed by atoms with Gasteiger partial charge in [-0.1, -0.05) is 24.6 Å². The largest absolute Gasteiger partial charge is 0.339 e. The average molecular weight is 498 g/mol. The Morgan fingerprint density at radius 1 is 0.886 bits per heavy atom. The molecule has 0 radical (unpaired) electrons. The lowest BCUT2D eigenvalue weighted by Crippen LogP contribution is -2.47. The zero-order chi connectivity index (χ0) is 25.2. The zero-order valence-electron chi connectivity index (χ0n) is 20.7. The molecule has 0 spiro atoms. The van der Waals surface area contributed by atoms with E-state index in [9.17, 15) is 18.0 Å². The minimum Gasteiger partial charge on any atom is -0.339 e. The smallest absolute Gasteiger partial charge is 0.254 e. The van der Waals surface area contributed by atoms with Crippen molar-refractivity contribution in [2.75, 3.05) is 18.4 Å². The maximum absolute atomic E-state index is 13.2. The molecule has 2 saturated heterocycles. The number of benzene rings is 2. The monoisotopic (exact) mass is 497 g/mol. The molecule has 35 heavy (non-hydrogen) atoms. The van der Waals surface area contributed by atoms with Crippen molar-refractivity contribution in [1.82, 2.24) is 9.21 Å². The second-order valence-electron chi connectivity index (χ2n) is 9.86. The average Bonchev–Trinajstić information content (AvgIpc) is 2.84. The Morgan fingerprint density at radius 2 is 1.49 bits per heavy atom. The maximum Gasteiger partial charge on any atom is 0.254 e. The highest BCUT2D eigenvalue weighted by atomic mass is 32.2. The summed E-state index contributed by atoms with van der Waals surface area (Å²) in [6, 6.07) is 14.0. The highest BCUT2D eigenvalue weighted by Crippen LogP contribution is 2.30. The summed E-state index contributed by atoms with van der Waals surface area (Å²) >= 11 is 0. The van der Waals surface area contributed by atoms with Crippen LogP contribution in [-0.4, -0.2) is 54.6 Å². The second kappa shape index (κ2) is 10.5. The van der Waals surface area contributed by atoms with Crippen molar-refractivity contribution in [1.29, 1.82) is 0 Å². The number of nitrogens with one attached hydrogen (secondary N) is 1. The van der Waals surface area contributed by atoms with Crippen LogP contribution in [0.25, 0.3) is 0 Å². The molecule has 2 aliphatic heterocycles. The van der Waals surface area contributed by atoms with E-state index in [1.54, 1.807) is 28.6 Å². The second-order valence-corrected chi connectivity index (χ2v) is 11.7. The number of piperidine rings is 2. The number of hydrogen-bond donors (Lipinski definition) is 1. The van der Waals surface area contributed by atoms with Gasteiger partial charge in [-0.3, -0.25) is 9.59 Å². The molecule has 2 aromatic rings. The van der Waals surface area contributed by atoms with Crippen molar-refractivity contribution >= 4 is 27.5 Å². The Balaban J connectivity index is 1.34. The van der Waals surface area contributed by atoms with Crippen LogP contribution in [0.2, 0.25) is 0 Å². The Morgan fingerprint density at radius 3 is 2.09 bits per heavy atom. The van der Waals surface area contributed by atoms with E-state index in [0.717, 1.165) is 24.8 Å². The van der Waals surface area contributed by atoms with Crippen molar-refractivity contribution in [3.8, 4) is 0 Å². The third-order valence-corrected chi connectivity index (χ3v) is 9.48. The van der Waals surface area contributed by atoms with Crippen LogP contribution in [0.1, 0.15) is 61.9 Å². The minimum atomic E-state index is -3.58. The number of sulfonamides is 1. The van der Waals surface area contributed by atoms with E-state index in [2.05, 4.69) is 5.32 Å². The third-order valence-electron chi connectivity index (χ3n) is 7.34. The summed E-state index contributed by atoms with van der Waals surface area (Å²) in [5.74, 6) is -0.271. The number of hydrogen-bond acceptors (Lipinski definition) is 4. The quantitative estimate of drug-likeness (QED) is 0.662. The molecule has 2 unspecified atom stereocenters. The summed E-state index contributed by atoms with van der Waals surface area (Å²) < 4.78 is 28.0. The van der Waals surface area contributed by atoms with Crippen molar-refractivity contribution < 1.29 is 18.0 Å². The Labute approximate surface area is 208 Å². The van der Waals surface area contributed by atoms with E-state index in [1.165, 1.54) is 0 Å². The summed E-state index contributed by atoms with van der Waals surface area (Å²) in [5.41, 5.74) is 2.23. The molecule has 0 saturated carbocycles. The first-order chi connectivity index (χ1) is 16.7. The lowest BCUT2D eigenvalue weighted by Gasteiger charge is -2.37. The minimum absolute atomic E-state index is 0.0103. The number of nitrogens with zero attached hydrogens (tertiary/aromatic N) is 2. The highest BCUT2D eigenvalue weighted by molar-refractivity contribution is 7.89. The highest BCUT2D eigenvalue weighted by Gasteiger charge is 2.35. The maximum atomic E-state index is 13.2. The van der Waals surface area contributed by atoms with E-state index >= 15 is 0 Å². The Hall–Kier alpha value is -2.71. The fourth-order valence-corrected chi connectivity index (χ4v) is 7.16. The lowest BCUT2D eigenvalue weighted by molar-refractivity contribution is -0.121. The van der Waals surface area contributed by atoms with Crippen LogP contribution < -0.4 is 5.32 Å². The summed E-state index contributed by atoms with van der Waals surface area (Å²) in [6.45, 7) is 6.92. The van der Waals surface area contributed by atoms with Gasteiger partial charge < -0.3 is 10.2 Å². The zero-order valence-corrected chi connectivity index (χ0v) is 21.6. The van der Waals surface area contributed by atoms with Gasteiger partial charge in [-0.25, -0.2) is 8.42 Å². The van der Waals surface area contributed by atoms with Crippen molar-refractivity contribution in [2.24, 2.45) is 5.92 Å². The number of anilines is 1. The van der Waals surface area contributed by atoms with Gasteiger partial charge in [0.2, 0.25) is 15.9 Å². The van der Waals surface area contributed by atoms with E-state index in [-0.39, 0.29) is 34.7 Å². The van der Waals surface area contributed by atoms with E-state index < -0.39 is 10.0 Å². The predicted octanol–water partition coefficient (Wildman–Crippen LogP) is 4.44. The predicted molar refractivity (Wildman–Crippen MR) is 137 cm³/mol. The van der Waals surface area contributed by atoms with Gasteiger partial charge in [0, 0.05) is 42.3 Å². The molecule has 0 aromatic heterocycles. The van der Waals surface area contributed by atoms with Crippen LogP contribution >= 0.6 is 0 Å². The Kier molecular flexibility index (Phi) is 7.62. The van der Waals surface area contributed by atoms with E-state index in [1.807, 2.05) is 49.9 Å². The number of likely N-dealkylation sites (tertiary alicyclic amines) is 1. The third kappa shape index (κ3) is 5.43. The van der Waals surface area contributed by atoms with Crippen molar-refractivity contribution in [3.05, 3.63) is 59.7 Å². The molecular weight excluding hydrogens is 462 g/mol. The number of rotatable bonds is 5. The molecule has 2 atom stereocenters. The molecule has 7 nitrogen and oxygen atoms in total. The molecule has 188 valence electrons. The van der Waals surface area contributed by atoms with Gasteiger partial charge in [-0.15, -0.1) is 0 Å². The summed E-state index contributed by atoms with van der Waals surface area (Å²) in [5, 5.41) is 2.92. The molecule has 8 heteroatoms. The Bertz CT molecular complexity index is 1160. The van der Waals surface area contributed by atoms with Gasteiger partial charge in [0.15, 0.2) is 0 Å². The van der Waals surface area contributed by atoms with Gasteiger partial charge >= 0.3 is 0 Å². The first-order valence-electron chi connectivity index (χ1n) is 12.5. The normalized spacial score (nSPS) is 22.1. The summed E-state index contributed by atoms with van der Waals surface area (Å²) in [7, 11) is -3.58. The first kappa shape index (κ1) is 25.4. The van der Waals surface area contributed by atoms with Gasteiger partial charge in [-0.2, -0.15) is 4.31 Å². The molecule has 4 rings (SSSR count).